The average molecular weight is 262 g/mol. The van der Waals surface area contributed by atoms with Crippen molar-refractivity contribution in [1.29, 1.82) is 0 Å². The molecule has 17 heavy (non-hydrogen) atoms. The maximum atomic E-state index is 11.7. The molecule has 0 saturated carbocycles. The van der Waals surface area contributed by atoms with Gasteiger partial charge < -0.3 is 4.89 Å². The molecule has 0 atom stereocenters. The molecule has 0 aromatic rings. The number of Topliss-reactive ketones (excluding diaryl/α,β-unsaturated/α-hetero) is 2. The zero-order valence-corrected chi connectivity index (χ0v) is 11.7. The van der Waals surface area contributed by atoms with E-state index in [1.807, 2.05) is 13.8 Å². The van der Waals surface area contributed by atoms with Crippen LogP contribution in [0.3, 0.4) is 0 Å². The van der Waals surface area contributed by atoms with Gasteiger partial charge in [0, 0.05) is 38.0 Å². The second-order valence-electron chi connectivity index (χ2n) is 4.37. The Labute approximate surface area is 103 Å². The molecule has 4 nitrogen and oxygen atoms in total. The van der Waals surface area contributed by atoms with Crippen LogP contribution < -0.4 is 0 Å². The molecule has 0 aliphatic rings. The van der Waals surface area contributed by atoms with E-state index in [1.54, 1.807) is 0 Å². The number of hydrogen-bond donors (Lipinski definition) is 1. The summed E-state index contributed by atoms with van der Waals surface area (Å²) in [6.45, 7) is 3.81. The number of carbonyl (C=O) groups excluding carboxylic acids is 2. The van der Waals surface area contributed by atoms with Crippen LogP contribution in [0, 0.1) is 0 Å². The molecule has 0 unspecified atom stereocenters. The molecule has 0 aromatic carbocycles. The highest BCUT2D eigenvalue weighted by atomic mass is 31.2. The Morgan fingerprint density at radius 3 is 1.53 bits per heavy atom. The van der Waals surface area contributed by atoms with E-state index >= 15 is 0 Å². The zero-order chi connectivity index (χ0) is 13.3. The molecule has 0 aliphatic heterocycles. The van der Waals surface area contributed by atoms with Gasteiger partial charge in [-0.25, -0.2) is 0 Å². The monoisotopic (exact) mass is 262 g/mol. The summed E-state index contributed by atoms with van der Waals surface area (Å²) in [5.74, 6) is 0.0586. The lowest BCUT2D eigenvalue weighted by Gasteiger charge is -2.10. The first-order valence-electron chi connectivity index (χ1n) is 6.25. The van der Waals surface area contributed by atoms with Crippen LogP contribution in [0.4, 0.5) is 0 Å². The third-order valence-corrected chi connectivity index (χ3v) is 4.38. The summed E-state index contributed by atoms with van der Waals surface area (Å²) in [6, 6.07) is 0. The van der Waals surface area contributed by atoms with Gasteiger partial charge in [-0.1, -0.05) is 13.8 Å². The van der Waals surface area contributed by atoms with E-state index < -0.39 is 7.37 Å². The SMILES string of the molecule is CCCC(=O)CCP(=O)(O)CCC(=O)CCC. The first kappa shape index (κ1) is 16.5. The van der Waals surface area contributed by atoms with Crippen LogP contribution in [0.1, 0.15) is 52.4 Å². The third-order valence-electron chi connectivity index (χ3n) is 2.54. The maximum absolute atomic E-state index is 11.7. The second-order valence-corrected chi connectivity index (χ2v) is 6.96. The molecule has 1 N–H and O–H groups in total. The first-order valence-corrected chi connectivity index (χ1v) is 8.28. The topological polar surface area (TPSA) is 71.4 Å². The number of hydrogen-bond acceptors (Lipinski definition) is 3. The van der Waals surface area contributed by atoms with Crippen molar-refractivity contribution in [1.82, 2.24) is 0 Å². The van der Waals surface area contributed by atoms with Crippen LogP contribution in [-0.4, -0.2) is 28.8 Å². The molecule has 100 valence electrons. The van der Waals surface area contributed by atoms with Crippen LogP contribution in [-0.2, 0) is 14.2 Å². The van der Waals surface area contributed by atoms with Crippen molar-refractivity contribution < 1.29 is 19.0 Å². The summed E-state index contributed by atoms with van der Waals surface area (Å²) >= 11 is 0. The van der Waals surface area contributed by atoms with Gasteiger partial charge in [0.2, 0.25) is 7.37 Å². The highest BCUT2D eigenvalue weighted by Crippen LogP contribution is 2.41. The molecule has 0 amide bonds. The third kappa shape index (κ3) is 9.25. The predicted octanol–water partition coefficient (Wildman–Crippen LogP) is 2.78. The highest BCUT2D eigenvalue weighted by molar-refractivity contribution is 7.58. The minimum atomic E-state index is -3.29. The van der Waals surface area contributed by atoms with Crippen molar-refractivity contribution in [3.63, 3.8) is 0 Å². The maximum Gasteiger partial charge on any atom is 0.201 e. The fraction of sp³-hybridized carbons (Fsp3) is 0.833. The summed E-state index contributed by atoms with van der Waals surface area (Å²) < 4.78 is 11.7. The lowest BCUT2D eigenvalue weighted by Crippen LogP contribution is -2.06. The Morgan fingerprint density at radius 2 is 1.24 bits per heavy atom. The molecule has 0 radical (unpaired) electrons. The van der Waals surface area contributed by atoms with E-state index in [0.717, 1.165) is 12.8 Å². The summed E-state index contributed by atoms with van der Waals surface area (Å²) in [6.07, 6.45) is 2.82. The average Bonchev–Trinajstić information content (AvgIpc) is 2.25. The van der Waals surface area contributed by atoms with Crippen molar-refractivity contribution in [3.05, 3.63) is 0 Å². The first-order chi connectivity index (χ1) is 7.91. The predicted molar refractivity (Wildman–Crippen MR) is 68.6 cm³/mol. The van der Waals surface area contributed by atoms with E-state index in [2.05, 4.69) is 0 Å². The number of carbonyl (C=O) groups is 2. The summed E-state index contributed by atoms with van der Waals surface area (Å²) in [5.41, 5.74) is 0. The summed E-state index contributed by atoms with van der Waals surface area (Å²) in [4.78, 5) is 32.1. The molecule has 0 heterocycles. The van der Waals surface area contributed by atoms with Gasteiger partial charge in [-0.15, -0.1) is 0 Å². The van der Waals surface area contributed by atoms with Crippen molar-refractivity contribution in [2.45, 2.75) is 52.4 Å². The fourth-order valence-corrected chi connectivity index (χ4v) is 2.94. The molecule has 0 bridgehead atoms. The minimum absolute atomic E-state index is 0.0191. The van der Waals surface area contributed by atoms with Gasteiger partial charge in [0.05, 0.1) is 0 Å². The van der Waals surface area contributed by atoms with E-state index in [9.17, 15) is 19.0 Å². The molecule has 0 spiro atoms. The fourth-order valence-electron chi connectivity index (χ4n) is 1.52. The molecule has 0 aliphatic carbocycles. The van der Waals surface area contributed by atoms with E-state index in [-0.39, 0.29) is 36.7 Å². The molecule has 0 rings (SSSR count). The van der Waals surface area contributed by atoms with E-state index in [4.69, 9.17) is 0 Å². The molecule has 0 saturated heterocycles. The van der Waals surface area contributed by atoms with Gasteiger partial charge in [-0.3, -0.25) is 14.2 Å². The quantitative estimate of drug-likeness (QED) is 0.614. The van der Waals surface area contributed by atoms with Crippen LogP contribution in [0.5, 0.6) is 0 Å². The Bertz CT molecular complexity index is 273. The zero-order valence-electron chi connectivity index (χ0n) is 10.8. The summed E-state index contributed by atoms with van der Waals surface area (Å²) in [5, 5.41) is 0. The molecule has 5 heteroatoms. The lowest BCUT2D eigenvalue weighted by molar-refractivity contribution is -0.119. The van der Waals surface area contributed by atoms with Crippen molar-refractivity contribution in [2.24, 2.45) is 0 Å². The smallest absolute Gasteiger partial charge is 0.201 e. The number of rotatable bonds is 10. The minimum Gasteiger partial charge on any atom is -0.344 e. The largest absolute Gasteiger partial charge is 0.344 e. The normalized spacial score (nSPS) is 11.5. The standard InChI is InChI=1S/C12H23O4P/c1-3-5-11(13)7-9-17(15,16)10-8-12(14)6-4-2/h3-10H2,1-2H3,(H,15,16). The molecular formula is C12H23O4P. The van der Waals surface area contributed by atoms with E-state index in [1.165, 1.54) is 0 Å². The van der Waals surface area contributed by atoms with Crippen LogP contribution in [0.2, 0.25) is 0 Å². The molecule has 0 aromatic heterocycles. The van der Waals surface area contributed by atoms with Gasteiger partial charge in [0.1, 0.15) is 11.6 Å². The highest BCUT2D eigenvalue weighted by Gasteiger charge is 2.20. The Morgan fingerprint density at radius 1 is 0.882 bits per heavy atom. The van der Waals surface area contributed by atoms with Gasteiger partial charge in [-0.2, -0.15) is 0 Å². The van der Waals surface area contributed by atoms with Crippen molar-refractivity contribution >= 4 is 18.9 Å². The second kappa shape index (κ2) is 8.60. The number of ketones is 2. The van der Waals surface area contributed by atoms with Gasteiger partial charge in [-0.05, 0) is 12.8 Å². The lowest BCUT2D eigenvalue weighted by atomic mass is 10.2. The molecular weight excluding hydrogens is 239 g/mol. The van der Waals surface area contributed by atoms with Crippen LogP contribution in [0.15, 0.2) is 0 Å². The van der Waals surface area contributed by atoms with Gasteiger partial charge in [0.15, 0.2) is 0 Å². The van der Waals surface area contributed by atoms with Crippen molar-refractivity contribution in [3.8, 4) is 0 Å². The van der Waals surface area contributed by atoms with E-state index in [0.29, 0.717) is 12.8 Å². The Hall–Kier alpha value is -0.470. The van der Waals surface area contributed by atoms with Crippen LogP contribution in [0.25, 0.3) is 0 Å². The van der Waals surface area contributed by atoms with Crippen molar-refractivity contribution in [2.75, 3.05) is 12.3 Å². The Balaban J connectivity index is 3.91. The Kier molecular flexibility index (Phi) is 8.36. The molecule has 0 fully saturated rings. The summed E-state index contributed by atoms with van der Waals surface area (Å²) in [7, 11) is -3.29. The van der Waals surface area contributed by atoms with Gasteiger partial charge in [0.25, 0.3) is 0 Å². The van der Waals surface area contributed by atoms with Gasteiger partial charge >= 0.3 is 0 Å². The van der Waals surface area contributed by atoms with Crippen LogP contribution >= 0.6 is 7.37 Å².